The molecule has 0 spiro atoms. The largest absolute Gasteiger partial charge is 0.348 e. The van der Waals surface area contributed by atoms with Crippen LogP contribution < -0.4 is 5.32 Å². The van der Waals surface area contributed by atoms with Gasteiger partial charge in [-0.15, -0.1) is 0 Å². The quantitative estimate of drug-likeness (QED) is 0.932. The van der Waals surface area contributed by atoms with Crippen molar-refractivity contribution in [2.24, 2.45) is 0 Å². The van der Waals surface area contributed by atoms with Crippen LogP contribution in [-0.4, -0.2) is 20.6 Å². The van der Waals surface area contributed by atoms with Gasteiger partial charge in [0.15, 0.2) is 9.84 Å². The average molecular weight is 338 g/mol. The van der Waals surface area contributed by atoms with Crippen LogP contribution in [0.25, 0.3) is 0 Å². The van der Waals surface area contributed by atoms with Crippen LogP contribution in [0, 0.1) is 6.92 Å². The topological polar surface area (TPSA) is 63.2 Å². The van der Waals surface area contributed by atoms with E-state index in [1.165, 1.54) is 12.1 Å². The Hall–Kier alpha value is -1.85. The lowest BCUT2D eigenvalue weighted by Gasteiger charge is -2.09. The Morgan fingerprint density at radius 3 is 2.55 bits per heavy atom. The highest BCUT2D eigenvalue weighted by Gasteiger charge is 2.14. The van der Waals surface area contributed by atoms with Crippen LogP contribution in [0.5, 0.6) is 0 Å². The first kappa shape index (κ1) is 16.5. The number of sulfone groups is 1. The SMILES string of the molecule is Cc1ccc(S(C)(=O)=O)cc1C(=O)NCc1cccc(Cl)c1. The van der Waals surface area contributed by atoms with E-state index in [-0.39, 0.29) is 10.8 Å². The van der Waals surface area contributed by atoms with E-state index in [1.54, 1.807) is 31.2 Å². The lowest BCUT2D eigenvalue weighted by atomic mass is 10.1. The second-order valence-corrected chi connectivity index (χ2v) is 7.51. The molecular formula is C16H16ClNO3S. The van der Waals surface area contributed by atoms with Gasteiger partial charge in [0.25, 0.3) is 5.91 Å². The molecule has 2 aromatic rings. The Bertz CT molecular complexity index is 816. The van der Waals surface area contributed by atoms with Crippen LogP contribution in [0.3, 0.4) is 0 Å². The van der Waals surface area contributed by atoms with E-state index in [1.807, 2.05) is 6.07 Å². The van der Waals surface area contributed by atoms with Crippen molar-refractivity contribution in [3.05, 3.63) is 64.2 Å². The number of rotatable bonds is 4. The predicted octanol–water partition coefficient (Wildman–Crippen LogP) is 2.98. The molecule has 2 aromatic carbocycles. The number of carbonyl (C=O) groups excluding carboxylic acids is 1. The summed E-state index contributed by atoms with van der Waals surface area (Å²) in [6, 6.07) is 11.7. The van der Waals surface area contributed by atoms with Crippen molar-refractivity contribution in [1.29, 1.82) is 0 Å². The molecule has 0 aliphatic heterocycles. The molecule has 0 radical (unpaired) electrons. The highest BCUT2D eigenvalue weighted by atomic mass is 35.5. The van der Waals surface area contributed by atoms with Gasteiger partial charge in [-0.25, -0.2) is 8.42 Å². The average Bonchev–Trinajstić information content (AvgIpc) is 2.44. The van der Waals surface area contributed by atoms with Crippen LogP contribution in [0.4, 0.5) is 0 Å². The zero-order chi connectivity index (χ0) is 16.3. The molecule has 0 saturated heterocycles. The molecule has 0 heterocycles. The maximum absolute atomic E-state index is 12.3. The van der Waals surface area contributed by atoms with Crippen LogP contribution in [0.15, 0.2) is 47.4 Å². The fraction of sp³-hybridized carbons (Fsp3) is 0.188. The molecule has 2 rings (SSSR count). The van der Waals surface area contributed by atoms with E-state index in [0.29, 0.717) is 17.1 Å². The Labute approximate surface area is 135 Å². The van der Waals surface area contributed by atoms with Gasteiger partial charge in [0, 0.05) is 23.4 Å². The summed E-state index contributed by atoms with van der Waals surface area (Å²) in [7, 11) is -3.35. The fourth-order valence-corrected chi connectivity index (χ4v) is 2.86. The smallest absolute Gasteiger partial charge is 0.251 e. The molecule has 4 nitrogen and oxygen atoms in total. The molecule has 1 N–H and O–H groups in total. The van der Waals surface area contributed by atoms with Gasteiger partial charge in [-0.3, -0.25) is 4.79 Å². The molecule has 0 fully saturated rings. The minimum Gasteiger partial charge on any atom is -0.348 e. The second kappa shape index (κ2) is 6.50. The van der Waals surface area contributed by atoms with E-state index in [9.17, 15) is 13.2 Å². The maximum Gasteiger partial charge on any atom is 0.251 e. The van der Waals surface area contributed by atoms with Gasteiger partial charge in [0.05, 0.1) is 4.90 Å². The number of hydrogen-bond acceptors (Lipinski definition) is 3. The summed E-state index contributed by atoms with van der Waals surface area (Å²) in [5, 5.41) is 3.37. The van der Waals surface area contributed by atoms with Crippen LogP contribution in [0.1, 0.15) is 21.5 Å². The molecular weight excluding hydrogens is 322 g/mol. The van der Waals surface area contributed by atoms with Gasteiger partial charge >= 0.3 is 0 Å². The minimum atomic E-state index is -3.35. The van der Waals surface area contributed by atoms with Gasteiger partial charge in [0.1, 0.15) is 0 Å². The highest BCUT2D eigenvalue weighted by Crippen LogP contribution is 2.16. The fourth-order valence-electron chi connectivity index (χ4n) is 2.00. The lowest BCUT2D eigenvalue weighted by molar-refractivity contribution is 0.0950. The Morgan fingerprint density at radius 2 is 1.91 bits per heavy atom. The van der Waals surface area contributed by atoms with E-state index in [4.69, 9.17) is 11.6 Å². The third-order valence-electron chi connectivity index (χ3n) is 3.22. The van der Waals surface area contributed by atoms with Crippen molar-refractivity contribution in [1.82, 2.24) is 5.32 Å². The molecule has 0 saturated carbocycles. The minimum absolute atomic E-state index is 0.131. The number of benzene rings is 2. The summed E-state index contributed by atoms with van der Waals surface area (Å²) in [4.78, 5) is 12.4. The van der Waals surface area contributed by atoms with Crippen molar-refractivity contribution in [3.8, 4) is 0 Å². The summed E-state index contributed by atoms with van der Waals surface area (Å²) >= 11 is 5.89. The first-order valence-electron chi connectivity index (χ1n) is 6.61. The number of hydrogen-bond donors (Lipinski definition) is 1. The number of amides is 1. The Kier molecular flexibility index (Phi) is 4.88. The number of carbonyl (C=O) groups is 1. The third kappa shape index (κ3) is 4.08. The Balaban J connectivity index is 2.19. The summed E-state index contributed by atoms with van der Waals surface area (Å²) in [5.74, 6) is -0.317. The molecule has 0 aromatic heterocycles. The molecule has 22 heavy (non-hydrogen) atoms. The normalized spacial score (nSPS) is 11.2. The summed E-state index contributed by atoms with van der Waals surface area (Å²) in [6.07, 6.45) is 1.12. The van der Waals surface area contributed by atoms with Gasteiger partial charge in [-0.05, 0) is 42.3 Å². The predicted molar refractivity (Wildman–Crippen MR) is 86.9 cm³/mol. The highest BCUT2D eigenvalue weighted by molar-refractivity contribution is 7.90. The molecule has 0 bridgehead atoms. The molecule has 0 aliphatic carbocycles. The molecule has 0 aliphatic rings. The number of aryl methyl sites for hydroxylation is 1. The third-order valence-corrected chi connectivity index (χ3v) is 4.57. The van der Waals surface area contributed by atoms with Gasteiger partial charge in [-0.1, -0.05) is 29.8 Å². The number of halogens is 1. The van der Waals surface area contributed by atoms with Crippen molar-refractivity contribution in [2.45, 2.75) is 18.4 Å². The molecule has 116 valence electrons. The maximum atomic E-state index is 12.3. The monoisotopic (exact) mass is 337 g/mol. The first-order valence-corrected chi connectivity index (χ1v) is 8.87. The van der Waals surface area contributed by atoms with Crippen molar-refractivity contribution in [3.63, 3.8) is 0 Å². The van der Waals surface area contributed by atoms with Gasteiger partial charge < -0.3 is 5.32 Å². The molecule has 0 unspecified atom stereocenters. The van der Waals surface area contributed by atoms with Crippen LogP contribution in [-0.2, 0) is 16.4 Å². The van der Waals surface area contributed by atoms with E-state index in [2.05, 4.69) is 5.32 Å². The summed E-state index contributed by atoms with van der Waals surface area (Å²) < 4.78 is 23.2. The van der Waals surface area contributed by atoms with Crippen LogP contribution in [0.2, 0.25) is 5.02 Å². The molecule has 6 heteroatoms. The summed E-state index contributed by atoms with van der Waals surface area (Å²) in [6.45, 7) is 2.09. The number of nitrogens with one attached hydrogen (secondary N) is 1. The summed E-state index contributed by atoms with van der Waals surface area (Å²) in [5.41, 5.74) is 1.94. The molecule has 1 amide bonds. The van der Waals surface area contributed by atoms with E-state index >= 15 is 0 Å². The van der Waals surface area contributed by atoms with Gasteiger partial charge in [-0.2, -0.15) is 0 Å². The van der Waals surface area contributed by atoms with E-state index < -0.39 is 9.84 Å². The second-order valence-electron chi connectivity index (χ2n) is 5.06. The zero-order valence-corrected chi connectivity index (χ0v) is 13.8. The molecule has 0 atom stereocenters. The van der Waals surface area contributed by atoms with Gasteiger partial charge in [0.2, 0.25) is 0 Å². The van der Waals surface area contributed by atoms with Crippen molar-refractivity contribution < 1.29 is 13.2 Å². The zero-order valence-electron chi connectivity index (χ0n) is 12.3. The van der Waals surface area contributed by atoms with Crippen molar-refractivity contribution >= 4 is 27.3 Å². The first-order chi connectivity index (χ1) is 10.3. The Morgan fingerprint density at radius 1 is 1.18 bits per heavy atom. The standard InChI is InChI=1S/C16H16ClNO3S/c1-11-6-7-14(22(2,20)21)9-15(11)16(19)18-10-12-4-3-5-13(17)8-12/h3-9H,10H2,1-2H3,(H,18,19). The van der Waals surface area contributed by atoms with Crippen LogP contribution >= 0.6 is 11.6 Å². The van der Waals surface area contributed by atoms with Crippen molar-refractivity contribution in [2.75, 3.05) is 6.26 Å². The lowest BCUT2D eigenvalue weighted by Crippen LogP contribution is -2.24. The van der Waals surface area contributed by atoms with E-state index in [0.717, 1.165) is 17.4 Å².